The number of aryl methyl sites for hydroxylation is 1. The van der Waals surface area contributed by atoms with Gasteiger partial charge in [0.15, 0.2) is 5.69 Å². The number of hydrogen-bond acceptors (Lipinski definition) is 3. The fourth-order valence-corrected chi connectivity index (χ4v) is 2.30. The molecule has 2 rings (SSSR count). The van der Waals surface area contributed by atoms with E-state index < -0.39 is 0 Å². The van der Waals surface area contributed by atoms with Gasteiger partial charge in [-0.1, -0.05) is 0 Å². The predicted molar refractivity (Wildman–Crippen MR) is 68.6 cm³/mol. The van der Waals surface area contributed by atoms with Gasteiger partial charge in [-0.2, -0.15) is 0 Å². The van der Waals surface area contributed by atoms with Crippen LogP contribution in [0.15, 0.2) is 18.5 Å². The number of ether oxygens (including phenoxy) is 1. The summed E-state index contributed by atoms with van der Waals surface area (Å²) in [4.78, 5) is 15.8. The van der Waals surface area contributed by atoms with Gasteiger partial charge in [-0.3, -0.25) is 0 Å². The Morgan fingerprint density at radius 2 is 2.31 bits per heavy atom. The number of carbonyl (C=O) groups is 1. The van der Waals surface area contributed by atoms with Crippen LogP contribution in [0.25, 0.3) is 5.65 Å². The first-order valence-corrected chi connectivity index (χ1v) is 6.01. The number of fused-ring (bicyclic) bond motifs is 1. The molecule has 0 unspecified atom stereocenters. The highest BCUT2D eigenvalue weighted by Crippen LogP contribution is 2.15. The number of imidazole rings is 1. The Kier molecular flexibility index (Phi) is 3.13. The van der Waals surface area contributed by atoms with Gasteiger partial charge in [0.05, 0.1) is 6.61 Å². The fraction of sp³-hybridized carbons (Fsp3) is 0.273. The SMILES string of the molecule is CCOC(=O)c1cn2cc(I)cc(C)c2n1. The maximum Gasteiger partial charge on any atom is 0.358 e. The van der Waals surface area contributed by atoms with E-state index in [9.17, 15) is 4.79 Å². The van der Waals surface area contributed by atoms with Gasteiger partial charge in [0.1, 0.15) is 5.65 Å². The van der Waals surface area contributed by atoms with Crippen molar-refractivity contribution in [3.05, 3.63) is 33.3 Å². The average Bonchev–Trinajstić information content (AvgIpc) is 2.62. The van der Waals surface area contributed by atoms with Gasteiger partial charge in [-0.15, -0.1) is 0 Å². The first-order chi connectivity index (χ1) is 7.61. The van der Waals surface area contributed by atoms with E-state index in [1.54, 1.807) is 13.1 Å². The van der Waals surface area contributed by atoms with Crippen LogP contribution in [0.4, 0.5) is 0 Å². The second kappa shape index (κ2) is 4.40. The molecule has 84 valence electrons. The molecule has 0 bridgehead atoms. The van der Waals surface area contributed by atoms with Gasteiger partial charge in [-0.25, -0.2) is 9.78 Å². The molecule has 4 nitrogen and oxygen atoms in total. The summed E-state index contributed by atoms with van der Waals surface area (Å²) < 4.78 is 7.87. The predicted octanol–water partition coefficient (Wildman–Crippen LogP) is 2.42. The number of nitrogens with zero attached hydrogens (tertiary/aromatic N) is 2. The zero-order valence-electron chi connectivity index (χ0n) is 9.03. The van der Waals surface area contributed by atoms with Gasteiger partial charge in [-0.05, 0) is 48.1 Å². The van der Waals surface area contributed by atoms with Crippen LogP contribution in [0.3, 0.4) is 0 Å². The highest BCUT2D eigenvalue weighted by molar-refractivity contribution is 14.1. The van der Waals surface area contributed by atoms with Crippen molar-refractivity contribution in [2.24, 2.45) is 0 Å². The smallest absolute Gasteiger partial charge is 0.358 e. The van der Waals surface area contributed by atoms with Crippen LogP contribution in [-0.2, 0) is 4.74 Å². The van der Waals surface area contributed by atoms with E-state index in [4.69, 9.17) is 4.74 Å². The Balaban J connectivity index is 2.51. The summed E-state index contributed by atoms with van der Waals surface area (Å²) in [6.45, 7) is 4.12. The number of hydrogen-bond donors (Lipinski definition) is 0. The van der Waals surface area contributed by atoms with E-state index in [-0.39, 0.29) is 5.97 Å². The van der Waals surface area contributed by atoms with Crippen molar-refractivity contribution in [3.63, 3.8) is 0 Å². The van der Waals surface area contributed by atoms with Gasteiger partial charge in [0, 0.05) is 16.0 Å². The van der Waals surface area contributed by atoms with E-state index in [0.717, 1.165) is 14.8 Å². The average molecular weight is 330 g/mol. The third-order valence-corrected chi connectivity index (χ3v) is 2.78. The summed E-state index contributed by atoms with van der Waals surface area (Å²) >= 11 is 2.23. The molecule has 2 aromatic rings. The topological polar surface area (TPSA) is 43.6 Å². The molecule has 0 saturated heterocycles. The molecule has 0 aromatic carbocycles. The molecular weight excluding hydrogens is 319 g/mol. The van der Waals surface area contributed by atoms with Crippen molar-refractivity contribution < 1.29 is 9.53 Å². The molecule has 0 radical (unpaired) electrons. The number of carbonyl (C=O) groups excluding carboxylic acids is 1. The van der Waals surface area contributed by atoms with Crippen LogP contribution >= 0.6 is 22.6 Å². The molecule has 0 aliphatic heterocycles. The number of esters is 1. The molecule has 2 aromatic heterocycles. The number of pyridine rings is 1. The number of halogens is 1. The molecule has 0 fully saturated rings. The van der Waals surface area contributed by atoms with E-state index in [2.05, 4.69) is 27.6 Å². The van der Waals surface area contributed by atoms with Gasteiger partial charge in [0.25, 0.3) is 0 Å². The van der Waals surface area contributed by atoms with E-state index in [0.29, 0.717) is 12.3 Å². The van der Waals surface area contributed by atoms with Crippen molar-refractivity contribution in [1.29, 1.82) is 0 Å². The van der Waals surface area contributed by atoms with Gasteiger partial charge >= 0.3 is 5.97 Å². The van der Waals surface area contributed by atoms with Crippen LogP contribution < -0.4 is 0 Å². The summed E-state index contributed by atoms with van der Waals surface area (Å²) in [5, 5.41) is 0. The third-order valence-electron chi connectivity index (χ3n) is 2.19. The Morgan fingerprint density at radius 3 is 3.00 bits per heavy atom. The van der Waals surface area contributed by atoms with Crippen molar-refractivity contribution >= 4 is 34.2 Å². The highest BCUT2D eigenvalue weighted by atomic mass is 127. The summed E-state index contributed by atoms with van der Waals surface area (Å²) in [6, 6.07) is 2.03. The first-order valence-electron chi connectivity index (χ1n) is 4.93. The quantitative estimate of drug-likeness (QED) is 0.627. The monoisotopic (exact) mass is 330 g/mol. The Hall–Kier alpha value is -1.11. The maximum absolute atomic E-state index is 11.5. The summed E-state index contributed by atoms with van der Waals surface area (Å²) in [6.07, 6.45) is 3.63. The second-order valence-electron chi connectivity index (χ2n) is 3.42. The molecule has 5 heteroatoms. The van der Waals surface area contributed by atoms with Crippen LogP contribution in [0.5, 0.6) is 0 Å². The molecule has 0 saturated carbocycles. The van der Waals surface area contributed by atoms with Crippen LogP contribution in [0.2, 0.25) is 0 Å². The number of aromatic nitrogens is 2. The minimum Gasteiger partial charge on any atom is -0.461 e. The highest BCUT2D eigenvalue weighted by Gasteiger charge is 2.12. The Bertz CT molecular complexity index is 548. The lowest BCUT2D eigenvalue weighted by atomic mass is 10.3. The Morgan fingerprint density at radius 1 is 1.56 bits per heavy atom. The van der Waals surface area contributed by atoms with E-state index >= 15 is 0 Å². The molecular formula is C11H11IN2O2. The molecule has 0 amide bonds. The fourth-order valence-electron chi connectivity index (χ4n) is 1.53. The molecule has 0 aliphatic rings. The largest absolute Gasteiger partial charge is 0.461 e. The molecule has 2 heterocycles. The molecule has 0 aliphatic carbocycles. The molecule has 0 atom stereocenters. The van der Waals surface area contributed by atoms with Crippen LogP contribution in [0.1, 0.15) is 23.0 Å². The summed E-state index contributed by atoms with van der Waals surface area (Å²) in [7, 11) is 0. The first kappa shape index (κ1) is 11.4. The summed E-state index contributed by atoms with van der Waals surface area (Å²) in [5.41, 5.74) is 2.19. The third kappa shape index (κ3) is 2.04. The normalized spacial score (nSPS) is 10.7. The lowest BCUT2D eigenvalue weighted by Crippen LogP contribution is -2.04. The standard InChI is InChI=1S/C11H11IN2O2/c1-3-16-11(15)9-6-14-5-8(12)4-7(2)10(14)13-9/h4-6H,3H2,1-2H3. The molecule has 0 N–H and O–H groups in total. The van der Waals surface area contributed by atoms with Gasteiger partial charge in [0.2, 0.25) is 0 Å². The second-order valence-corrected chi connectivity index (χ2v) is 4.66. The zero-order valence-corrected chi connectivity index (χ0v) is 11.2. The van der Waals surface area contributed by atoms with E-state index in [1.807, 2.05) is 23.6 Å². The maximum atomic E-state index is 11.5. The molecule has 16 heavy (non-hydrogen) atoms. The minimum absolute atomic E-state index is 0.354. The van der Waals surface area contributed by atoms with E-state index in [1.165, 1.54) is 0 Å². The Labute approximate surface area is 107 Å². The van der Waals surface area contributed by atoms with Crippen molar-refractivity contribution in [1.82, 2.24) is 9.38 Å². The van der Waals surface area contributed by atoms with Crippen LogP contribution in [0, 0.1) is 10.5 Å². The van der Waals surface area contributed by atoms with Crippen molar-refractivity contribution in [3.8, 4) is 0 Å². The minimum atomic E-state index is -0.374. The van der Waals surface area contributed by atoms with Crippen molar-refractivity contribution in [2.45, 2.75) is 13.8 Å². The lowest BCUT2D eigenvalue weighted by molar-refractivity contribution is 0.0520. The number of rotatable bonds is 2. The van der Waals surface area contributed by atoms with Crippen molar-refractivity contribution in [2.75, 3.05) is 6.61 Å². The molecule has 0 spiro atoms. The van der Waals surface area contributed by atoms with Gasteiger partial charge < -0.3 is 9.14 Å². The lowest BCUT2D eigenvalue weighted by Gasteiger charge is -1.97. The van der Waals surface area contributed by atoms with Crippen LogP contribution in [-0.4, -0.2) is 22.0 Å². The summed E-state index contributed by atoms with van der Waals surface area (Å²) in [5.74, 6) is -0.374. The zero-order chi connectivity index (χ0) is 11.7.